The molecule has 0 aliphatic rings. The van der Waals surface area contributed by atoms with Crippen LogP contribution >= 0.6 is 27.3 Å². The Labute approximate surface area is 134 Å². The monoisotopic (exact) mass is 358 g/mol. The van der Waals surface area contributed by atoms with Gasteiger partial charge in [-0.15, -0.1) is 17.8 Å². The van der Waals surface area contributed by atoms with Gasteiger partial charge in [-0.3, -0.25) is 9.36 Å². The van der Waals surface area contributed by atoms with E-state index in [0.29, 0.717) is 5.39 Å². The van der Waals surface area contributed by atoms with Gasteiger partial charge in [-0.25, -0.2) is 4.98 Å². The maximum absolute atomic E-state index is 12.6. The number of rotatable bonds is 2. The number of hydrogen-bond donors (Lipinski definition) is 0. The van der Waals surface area contributed by atoms with Gasteiger partial charge in [-0.05, 0) is 18.6 Å². The van der Waals surface area contributed by atoms with Crippen molar-refractivity contribution in [1.29, 1.82) is 0 Å². The number of nitrogens with zero attached hydrogens (tertiary/aromatic N) is 2. The number of fused-ring (bicyclic) bond motifs is 1. The molecule has 0 atom stereocenters. The van der Waals surface area contributed by atoms with E-state index in [2.05, 4.69) is 32.9 Å². The molecule has 2 aromatic heterocycles. The maximum Gasteiger partial charge on any atom is 0.263 e. The average Bonchev–Trinajstić information content (AvgIpc) is 2.89. The van der Waals surface area contributed by atoms with Crippen LogP contribution in [0.25, 0.3) is 21.3 Å². The summed E-state index contributed by atoms with van der Waals surface area (Å²) < 4.78 is 2.42. The molecule has 0 fully saturated rings. The minimum atomic E-state index is -0.0948. The van der Waals surface area contributed by atoms with Crippen LogP contribution in [-0.2, 0) is 6.54 Å². The fourth-order valence-corrected chi connectivity index (χ4v) is 3.58. The summed E-state index contributed by atoms with van der Waals surface area (Å²) >= 11 is 5.02. The lowest BCUT2D eigenvalue weighted by atomic mass is 10.0. The van der Waals surface area contributed by atoms with Gasteiger partial charge in [0, 0.05) is 15.4 Å². The molecule has 0 unspecified atom stereocenters. The van der Waals surface area contributed by atoms with E-state index < -0.39 is 0 Å². The van der Waals surface area contributed by atoms with Gasteiger partial charge in [0.1, 0.15) is 4.83 Å². The van der Waals surface area contributed by atoms with E-state index in [9.17, 15) is 4.79 Å². The zero-order chi connectivity index (χ0) is 15.0. The number of aromatic nitrogens is 2. The summed E-state index contributed by atoms with van der Waals surface area (Å²) in [6.07, 6.45) is 6.81. The highest BCUT2D eigenvalue weighted by molar-refractivity contribution is 9.10. The van der Waals surface area contributed by atoms with Crippen molar-refractivity contribution in [2.24, 2.45) is 0 Å². The topological polar surface area (TPSA) is 34.9 Å². The molecule has 0 bridgehead atoms. The van der Waals surface area contributed by atoms with Crippen LogP contribution in [0.3, 0.4) is 0 Å². The lowest BCUT2D eigenvalue weighted by molar-refractivity contribution is 0.784. The molecular weight excluding hydrogens is 348 g/mol. The quantitative estimate of drug-likeness (QED) is 0.652. The highest BCUT2D eigenvalue weighted by atomic mass is 79.9. The van der Waals surface area contributed by atoms with Gasteiger partial charge >= 0.3 is 0 Å². The van der Waals surface area contributed by atoms with Crippen LogP contribution in [-0.4, -0.2) is 9.55 Å². The van der Waals surface area contributed by atoms with E-state index in [4.69, 9.17) is 6.42 Å². The zero-order valence-electron chi connectivity index (χ0n) is 11.3. The normalized spacial score (nSPS) is 10.7. The third-order valence-corrected chi connectivity index (χ3v) is 4.81. The van der Waals surface area contributed by atoms with Crippen LogP contribution in [0.4, 0.5) is 0 Å². The van der Waals surface area contributed by atoms with Crippen LogP contribution in [0.2, 0.25) is 0 Å². The first-order valence-corrected chi connectivity index (χ1v) is 7.95. The van der Waals surface area contributed by atoms with Crippen LogP contribution in [0.1, 0.15) is 5.56 Å². The molecule has 0 spiro atoms. The van der Waals surface area contributed by atoms with Gasteiger partial charge in [0.25, 0.3) is 5.56 Å². The van der Waals surface area contributed by atoms with Crippen LogP contribution in [0.15, 0.2) is 39.2 Å². The Bertz CT molecular complexity index is 934. The minimum Gasteiger partial charge on any atom is -0.287 e. The number of benzene rings is 1. The SMILES string of the molecule is C#CCn1cnc2scc(-c3cc(C)ccc3Br)c2c1=O. The molecule has 2 heterocycles. The van der Waals surface area contributed by atoms with Crippen molar-refractivity contribution in [1.82, 2.24) is 9.55 Å². The molecule has 0 radical (unpaired) electrons. The molecule has 0 aliphatic heterocycles. The van der Waals surface area contributed by atoms with Crippen molar-refractivity contribution in [3.8, 4) is 23.5 Å². The van der Waals surface area contributed by atoms with Gasteiger partial charge in [-0.1, -0.05) is 39.5 Å². The maximum atomic E-state index is 12.6. The van der Waals surface area contributed by atoms with Gasteiger partial charge in [0.05, 0.1) is 18.3 Å². The molecule has 0 N–H and O–H groups in total. The zero-order valence-corrected chi connectivity index (χ0v) is 13.7. The van der Waals surface area contributed by atoms with Gasteiger partial charge in [-0.2, -0.15) is 0 Å². The molecule has 0 saturated heterocycles. The fraction of sp³-hybridized carbons (Fsp3) is 0.125. The Morgan fingerprint density at radius 3 is 3.00 bits per heavy atom. The second-order valence-electron chi connectivity index (χ2n) is 4.69. The van der Waals surface area contributed by atoms with E-state index >= 15 is 0 Å². The Morgan fingerprint density at radius 2 is 2.24 bits per heavy atom. The Kier molecular flexibility index (Phi) is 3.66. The van der Waals surface area contributed by atoms with Gasteiger partial charge in [0.2, 0.25) is 0 Å². The van der Waals surface area contributed by atoms with E-state index in [1.165, 1.54) is 22.2 Å². The third kappa shape index (κ3) is 2.41. The van der Waals surface area contributed by atoms with E-state index in [0.717, 1.165) is 26.0 Å². The molecule has 0 saturated carbocycles. The van der Waals surface area contributed by atoms with Crippen molar-refractivity contribution in [3.05, 3.63) is 50.3 Å². The first-order chi connectivity index (χ1) is 10.1. The summed E-state index contributed by atoms with van der Waals surface area (Å²) in [4.78, 5) is 17.7. The average molecular weight is 359 g/mol. The molecular formula is C16H11BrN2OS. The number of halogens is 1. The molecule has 3 aromatic rings. The predicted molar refractivity (Wildman–Crippen MR) is 90.6 cm³/mol. The highest BCUT2D eigenvalue weighted by Crippen LogP contribution is 2.35. The first-order valence-electron chi connectivity index (χ1n) is 6.28. The van der Waals surface area contributed by atoms with Crippen molar-refractivity contribution in [2.45, 2.75) is 13.5 Å². The minimum absolute atomic E-state index is 0.0948. The summed E-state index contributed by atoms with van der Waals surface area (Å²) in [5.41, 5.74) is 2.94. The summed E-state index contributed by atoms with van der Waals surface area (Å²) in [7, 11) is 0. The first kappa shape index (κ1) is 14.1. The number of hydrogen-bond acceptors (Lipinski definition) is 3. The summed E-state index contributed by atoms with van der Waals surface area (Å²) in [5, 5.41) is 2.60. The van der Waals surface area contributed by atoms with Gasteiger partial charge in [0.15, 0.2) is 0 Å². The van der Waals surface area contributed by atoms with E-state index in [1.807, 2.05) is 24.4 Å². The number of thiophene rings is 1. The van der Waals surface area contributed by atoms with Crippen molar-refractivity contribution in [3.63, 3.8) is 0 Å². The largest absolute Gasteiger partial charge is 0.287 e. The molecule has 1 aromatic carbocycles. The molecule has 104 valence electrons. The van der Waals surface area contributed by atoms with E-state index in [1.54, 1.807) is 0 Å². The Morgan fingerprint density at radius 1 is 1.43 bits per heavy atom. The predicted octanol–water partition coefficient (Wildman–Crippen LogP) is 3.83. The number of aryl methyl sites for hydroxylation is 1. The lowest BCUT2D eigenvalue weighted by Crippen LogP contribution is -2.19. The highest BCUT2D eigenvalue weighted by Gasteiger charge is 2.15. The number of terminal acetylenes is 1. The van der Waals surface area contributed by atoms with Crippen molar-refractivity contribution >= 4 is 37.5 Å². The van der Waals surface area contributed by atoms with Crippen molar-refractivity contribution < 1.29 is 0 Å². The van der Waals surface area contributed by atoms with Crippen LogP contribution < -0.4 is 5.56 Å². The van der Waals surface area contributed by atoms with E-state index in [-0.39, 0.29) is 12.1 Å². The molecule has 5 heteroatoms. The summed E-state index contributed by atoms with van der Waals surface area (Å²) in [6, 6.07) is 6.07. The smallest absolute Gasteiger partial charge is 0.263 e. The summed E-state index contributed by atoms with van der Waals surface area (Å²) in [5.74, 6) is 2.48. The Balaban J connectivity index is 2.34. The molecule has 0 amide bonds. The lowest BCUT2D eigenvalue weighted by Gasteiger charge is -2.06. The summed E-state index contributed by atoms with van der Waals surface area (Å²) in [6.45, 7) is 2.26. The van der Waals surface area contributed by atoms with Gasteiger partial charge < -0.3 is 0 Å². The molecule has 3 nitrogen and oxygen atoms in total. The second kappa shape index (κ2) is 5.47. The second-order valence-corrected chi connectivity index (χ2v) is 6.41. The molecule has 0 aliphatic carbocycles. The Hall–Kier alpha value is -1.90. The van der Waals surface area contributed by atoms with Crippen molar-refractivity contribution in [2.75, 3.05) is 0 Å². The fourth-order valence-electron chi connectivity index (χ4n) is 2.22. The van der Waals surface area contributed by atoms with Crippen LogP contribution in [0, 0.1) is 19.3 Å². The van der Waals surface area contributed by atoms with Crippen LogP contribution in [0.5, 0.6) is 0 Å². The molecule has 21 heavy (non-hydrogen) atoms. The molecule has 3 rings (SSSR count). The standard InChI is InChI=1S/C16H11BrN2OS/c1-3-6-19-9-18-15-14(16(19)20)12(8-21-15)11-7-10(2)4-5-13(11)17/h1,4-5,7-9H,6H2,2H3. The third-order valence-electron chi connectivity index (χ3n) is 3.23.